The first-order chi connectivity index (χ1) is 30.7. The van der Waals surface area contributed by atoms with Crippen LogP contribution >= 0.6 is 0 Å². The first kappa shape index (κ1) is 36.6. The minimum atomic E-state index is 0.195. The summed E-state index contributed by atoms with van der Waals surface area (Å²) in [6.45, 7) is 0. The van der Waals surface area contributed by atoms with E-state index in [1.54, 1.807) is 11.1 Å². The lowest BCUT2D eigenvalue weighted by atomic mass is 9.66. The van der Waals surface area contributed by atoms with Crippen molar-refractivity contribution in [2.75, 3.05) is 4.90 Å². The van der Waals surface area contributed by atoms with Gasteiger partial charge < -0.3 is 4.90 Å². The molecule has 1 spiro atoms. The van der Waals surface area contributed by atoms with Crippen molar-refractivity contribution in [3.8, 4) is 66.8 Å². The molecule has 9 aromatic rings. The molecule has 0 amide bonds. The summed E-state index contributed by atoms with van der Waals surface area (Å²) in [4.78, 5) is 2.37. The van der Waals surface area contributed by atoms with E-state index in [0.717, 1.165) is 28.9 Å². The Balaban J connectivity index is 0.872. The summed E-state index contributed by atoms with van der Waals surface area (Å²) < 4.78 is 0. The fourth-order valence-corrected chi connectivity index (χ4v) is 11.6. The van der Waals surface area contributed by atoms with E-state index in [4.69, 9.17) is 0 Å². The summed E-state index contributed by atoms with van der Waals surface area (Å²) in [6.07, 6.45) is 5.47. The number of hydrogen-bond acceptors (Lipinski definition) is 1. The Morgan fingerprint density at radius 1 is 0.323 bits per heavy atom. The van der Waals surface area contributed by atoms with Gasteiger partial charge in [-0.25, -0.2) is 0 Å². The topological polar surface area (TPSA) is 3.24 Å². The maximum Gasteiger partial charge on any atom is 0.0462 e. The van der Waals surface area contributed by atoms with E-state index in [1.165, 1.54) is 92.4 Å². The van der Waals surface area contributed by atoms with Gasteiger partial charge in [0.1, 0.15) is 0 Å². The van der Waals surface area contributed by atoms with Crippen molar-refractivity contribution in [3.63, 3.8) is 0 Å². The molecule has 296 valence electrons. The maximum absolute atomic E-state index is 2.45. The number of anilines is 3. The largest absolute Gasteiger partial charge is 0.311 e. The van der Waals surface area contributed by atoms with Crippen LogP contribution in [0.3, 0.4) is 0 Å². The molecule has 62 heavy (non-hydrogen) atoms. The second-order valence-electron chi connectivity index (χ2n) is 17.7. The first-order valence-electron chi connectivity index (χ1n) is 22.4. The SMILES string of the molecule is c1ccc(-c2ccc(N(c3ccc(-c4ccc(-c5cccc6c5-c5ccccc5C65CC6CCC5C6)cc4)cc3)c3ccc(-c4ccccc4-c4ccccc4)cc3)cc2)cc1. The van der Waals surface area contributed by atoms with Crippen molar-refractivity contribution in [3.05, 3.63) is 236 Å². The summed E-state index contributed by atoms with van der Waals surface area (Å²) in [5.41, 5.74) is 22.0. The molecule has 9 aromatic carbocycles. The summed E-state index contributed by atoms with van der Waals surface area (Å²) in [6, 6.07) is 82.8. The fraction of sp³-hybridized carbons (Fsp3) is 0.115. The van der Waals surface area contributed by atoms with Crippen LogP contribution in [0.1, 0.15) is 36.8 Å². The molecular formula is C61H47N. The van der Waals surface area contributed by atoms with Gasteiger partial charge in [-0.1, -0.05) is 194 Å². The second kappa shape index (κ2) is 15.0. The zero-order valence-electron chi connectivity index (χ0n) is 34.8. The molecule has 2 bridgehead atoms. The van der Waals surface area contributed by atoms with E-state index < -0.39 is 0 Å². The van der Waals surface area contributed by atoms with Gasteiger partial charge in [-0.2, -0.15) is 0 Å². The third kappa shape index (κ3) is 6.06. The van der Waals surface area contributed by atoms with Gasteiger partial charge in [0.2, 0.25) is 0 Å². The number of benzene rings is 9. The Kier molecular flexibility index (Phi) is 8.89. The van der Waals surface area contributed by atoms with Crippen LogP contribution in [0, 0.1) is 11.8 Å². The van der Waals surface area contributed by atoms with E-state index in [0.29, 0.717) is 0 Å². The fourth-order valence-electron chi connectivity index (χ4n) is 11.6. The van der Waals surface area contributed by atoms with Crippen LogP contribution in [-0.4, -0.2) is 0 Å². The summed E-state index contributed by atoms with van der Waals surface area (Å²) in [7, 11) is 0. The zero-order chi connectivity index (χ0) is 41.0. The highest BCUT2D eigenvalue weighted by molar-refractivity contribution is 5.93. The average molecular weight is 794 g/mol. The van der Waals surface area contributed by atoms with Gasteiger partial charge in [-0.3, -0.25) is 0 Å². The molecule has 0 radical (unpaired) electrons. The molecule has 3 atom stereocenters. The van der Waals surface area contributed by atoms with E-state index in [2.05, 4.69) is 229 Å². The lowest BCUT2D eigenvalue weighted by Crippen LogP contribution is -2.31. The molecule has 1 nitrogen and oxygen atoms in total. The standard InChI is InChI=1S/C61H47N/c1-3-12-43(13-4-1)45-27-34-51(35-28-45)62(53-38-31-48(32-39-53)55-17-8-7-16-54(55)47-14-5-2-6-15-47)52-36-29-46(30-37-52)44-23-25-49(26-24-44)56-19-11-21-59-60(56)57-18-9-10-20-58(57)61(59)41-42-22-33-50(61)40-42/h1-21,23-32,34-39,42,50H,22,33,40-41H2. The van der Waals surface area contributed by atoms with E-state index >= 15 is 0 Å². The van der Waals surface area contributed by atoms with Crippen LogP contribution in [0.25, 0.3) is 66.8 Å². The Hall–Kier alpha value is -7.22. The monoisotopic (exact) mass is 793 g/mol. The lowest BCUT2D eigenvalue weighted by molar-refractivity contribution is 0.327. The molecule has 0 aromatic heterocycles. The maximum atomic E-state index is 2.45. The quantitative estimate of drug-likeness (QED) is 0.148. The minimum Gasteiger partial charge on any atom is -0.311 e. The van der Waals surface area contributed by atoms with Crippen LogP contribution in [-0.2, 0) is 5.41 Å². The van der Waals surface area contributed by atoms with Gasteiger partial charge in [0.15, 0.2) is 0 Å². The Bertz CT molecular complexity index is 3040. The van der Waals surface area contributed by atoms with Crippen LogP contribution < -0.4 is 4.90 Å². The molecular weight excluding hydrogens is 747 g/mol. The van der Waals surface area contributed by atoms with E-state index in [1.807, 2.05) is 0 Å². The highest BCUT2D eigenvalue weighted by Gasteiger charge is 2.56. The lowest BCUT2D eigenvalue weighted by Gasteiger charge is -2.36. The normalized spacial score (nSPS) is 18.1. The third-order valence-electron chi connectivity index (χ3n) is 14.4. The van der Waals surface area contributed by atoms with Crippen molar-refractivity contribution in [1.82, 2.24) is 0 Å². The second-order valence-corrected chi connectivity index (χ2v) is 17.7. The van der Waals surface area contributed by atoms with Gasteiger partial charge >= 0.3 is 0 Å². The summed E-state index contributed by atoms with van der Waals surface area (Å²) >= 11 is 0. The third-order valence-corrected chi connectivity index (χ3v) is 14.4. The van der Waals surface area contributed by atoms with Crippen molar-refractivity contribution < 1.29 is 0 Å². The van der Waals surface area contributed by atoms with Crippen LogP contribution in [0.4, 0.5) is 17.1 Å². The van der Waals surface area contributed by atoms with Crippen molar-refractivity contribution in [2.24, 2.45) is 11.8 Å². The predicted molar refractivity (Wildman–Crippen MR) is 260 cm³/mol. The first-order valence-corrected chi connectivity index (χ1v) is 22.4. The average Bonchev–Trinajstić information content (AvgIpc) is 4.06. The Labute approximate surface area is 365 Å². The van der Waals surface area contributed by atoms with E-state index in [-0.39, 0.29) is 5.41 Å². The molecule has 1 heteroatoms. The molecule has 0 aliphatic heterocycles. The molecule has 3 aliphatic rings. The van der Waals surface area contributed by atoms with Crippen molar-refractivity contribution in [1.29, 1.82) is 0 Å². The molecule has 0 heterocycles. The molecule has 0 saturated heterocycles. The number of fused-ring (bicyclic) bond motifs is 8. The summed E-state index contributed by atoms with van der Waals surface area (Å²) in [5.74, 6) is 1.64. The predicted octanol–water partition coefficient (Wildman–Crippen LogP) is 16.6. The molecule has 0 N–H and O–H groups in total. The molecule has 3 aliphatic carbocycles. The zero-order valence-corrected chi connectivity index (χ0v) is 34.8. The van der Waals surface area contributed by atoms with Gasteiger partial charge in [0.25, 0.3) is 0 Å². The van der Waals surface area contributed by atoms with Gasteiger partial charge in [0.05, 0.1) is 0 Å². The smallest absolute Gasteiger partial charge is 0.0462 e. The van der Waals surface area contributed by atoms with Crippen molar-refractivity contribution >= 4 is 17.1 Å². The number of nitrogens with zero attached hydrogens (tertiary/aromatic N) is 1. The molecule has 3 unspecified atom stereocenters. The molecule has 2 saturated carbocycles. The highest BCUT2D eigenvalue weighted by atomic mass is 15.1. The summed E-state index contributed by atoms with van der Waals surface area (Å²) in [5, 5.41) is 0. The Morgan fingerprint density at radius 3 is 1.27 bits per heavy atom. The van der Waals surface area contributed by atoms with Crippen molar-refractivity contribution in [2.45, 2.75) is 31.1 Å². The number of rotatable bonds is 8. The highest BCUT2D eigenvalue weighted by Crippen LogP contribution is 2.66. The van der Waals surface area contributed by atoms with Crippen LogP contribution in [0.15, 0.2) is 224 Å². The van der Waals surface area contributed by atoms with E-state index in [9.17, 15) is 0 Å². The van der Waals surface area contributed by atoms with Gasteiger partial charge in [-0.05, 0) is 145 Å². The number of hydrogen-bond donors (Lipinski definition) is 0. The molecule has 2 fully saturated rings. The van der Waals surface area contributed by atoms with Crippen LogP contribution in [0.5, 0.6) is 0 Å². The minimum absolute atomic E-state index is 0.195. The Morgan fingerprint density at radius 2 is 0.726 bits per heavy atom. The van der Waals surface area contributed by atoms with Crippen LogP contribution in [0.2, 0.25) is 0 Å². The van der Waals surface area contributed by atoms with Gasteiger partial charge in [0, 0.05) is 22.5 Å². The van der Waals surface area contributed by atoms with Gasteiger partial charge in [-0.15, -0.1) is 0 Å². The molecule has 12 rings (SSSR count).